The van der Waals surface area contributed by atoms with Crippen LogP contribution in [0.3, 0.4) is 0 Å². The molecule has 0 aromatic heterocycles. The summed E-state index contributed by atoms with van der Waals surface area (Å²) in [6.45, 7) is 6.80. The Morgan fingerprint density at radius 3 is 2.42 bits per heavy atom. The number of hydrogen-bond acceptors (Lipinski definition) is 4. The molecule has 3 rings (SSSR count). The van der Waals surface area contributed by atoms with Gasteiger partial charge in [-0.25, -0.2) is 4.79 Å². The lowest BCUT2D eigenvalue weighted by Gasteiger charge is -2.32. The lowest BCUT2D eigenvalue weighted by atomic mass is 10.0. The molecule has 0 unspecified atom stereocenters. The van der Waals surface area contributed by atoms with Crippen LogP contribution in [0, 0.1) is 0 Å². The average Bonchev–Trinajstić information content (AvgIpc) is 2.72. The number of carbonyl (C=O) groups is 3. The molecule has 0 spiro atoms. The second-order valence-corrected chi connectivity index (χ2v) is 8.83. The van der Waals surface area contributed by atoms with E-state index in [1.54, 1.807) is 25.7 Å². The van der Waals surface area contributed by atoms with Crippen LogP contribution in [0.4, 0.5) is 4.79 Å². The topological polar surface area (TPSA) is 87.7 Å². The van der Waals surface area contributed by atoms with Crippen molar-refractivity contribution in [2.75, 3.05) is 19.6 Å². The van der Waals surface area contributed by atoms with Crippen LogP contribution in [0.1, 0.15) is 50.4 Å². The highest BCUT2D eigenvalue weighted by Crippen LogP contribution is 2.19. The highest BCUT2D eigenvalue weighted by Gasteiger charge is 2.24. The van der Waals surface area contributed by atoms with Gasteiger partial charge in [0.15, 0.2) is 0 Å². The maximum atomic E-state index is 12.8. The van der Waals surface area contributed by atoms with Crippen molar-refractivity contribution in [1.82, 2.24) is 15.5 Å². The Hall–Kier alpha value is -3.09. The Balaban J connectivity index is 1.43. The number of benzene rings is 2. The molecule has 0 radical (unpaired) electrons. The largest absolute Gasteiger partial charge is 0.444 e. The molecule has 1 aliphatic heterocycles. The predicted molar refractivity (Wildman–Crippen MR) is 120 cm³/mol. The van der Waals surface area contributed by atoms with E-state index in [-0.39, 0.29) is 30.8 Å². The van der Waals surface area contributed by atoms with Gasteiger partial charge in [-0.05, 0) is 50.5 Å². The summed E-state index contributed by atoms with van der Waals surface area (Å²) in [6.07, 6.45) is 1.13. The van der Waals surface area contributed by atoms with Crippen LogP contribution in [0.5, 0.6) is 0 Å². The van der Waals surface area contributed by atoms with Gasteiger partial charge in [-0.3, -0.25) is 9.59 Å². The van der Waals surface area contributed by atoms with E-state index < -0.39 is 11.7 Å². The standard InChI is InChI=1S/C24H31N3O4/c1-24(2,3)31-23(30)25-14-11-21(28)27-15-12-18(13-16-27)26-22(29)20-10-6-8-17-7-4-5-9-19(17)20/h4-10,18H,11-16H2,1-3H3,(H,25,30)(H,26,29). The Labute approximate surface area is 183 Å². The van der Waals surface area contributed by atoms with E-state index in [4.69, 9.17) is 4.74 Å². The van der Waals surface area contributed by atoms with Gasteiger partial charge in [0.05, 0.1) is 0 Å². The second kappa shape index (κ2) is 9.81. The highest BCUT2D eigenvalue weighted by molar-refractivity contribution is 6.07. The van der Waals surface area contributed by atoms with Crippen LogP contribution in [-0.2, 0) is 9.53 Å². The van der Waals surface area contributed by atoms with E-state index in [9.17, 15) is 14.4 Å². The van der Waals surface area contributed by atoms with Crippen LogP contribution >= 0.6 is 0 Å². The van der Waals surface area contributed by atoms with Crippen molar-refractivity contribution in [3.05, 3.63) is 48.0 Å². The van der Waals surface area contributed by atoms with Gasteiger partial charge in [0.2, 0.25) is 5.91 Å². The molecule has 1 fully saturated rings. The summed E-state index contributed by atoms with van der Waals surface area (Å²) in [4.78, 5) is 38.7. The van der Waals surface area contributed by atoms with Crippen LogP contribution < -0.4 is 10.6 Å². The molecule has 0 saturated carbocycles. The zero-order valence-electron chi connectivity index (χ0n) is 18.4. The summed E-state index contributed by atoms with van der Waals surface area (Å²) in [5.41, 5.74) is 0.108. The summed E-state index contributed by atoms with van der Waals surface area (Å²) >= 11 is 0. The lowest BCUT2D eigenvalue weighted by molar-refractivity contribution is -0.132. The minimum atomic E-state index is -0.563. The fraction of sp³-hybridized carbons (Fsp3) is 0.458. The van der Waals surface area contributed by atoms with Crippen LogP contribution in [-0.4, -0.2) is 54.1 Å². The summed E-state index contributed by atoms with van der Waals surface area (Å²) in [5.74, 6) is -0.0852. The van der Waals surface area contributed by atoms with E-state index in [1.165, 1.54) is 0 Å². The number of nitrogens with one attached hydrogen (secondary N) is 2. The van der Waals surface area contributed by atoms with Crippen molar-refractivity contribution < 1.29 is 19.1 Å². The number of hydrogen-bond donors (Lipinski definition) is 2. The number of piperidine rings is 1. The zero-order chi connectivity index (χ0) is 22.4. The number of likely N-dealkylation sites (tertiary alicyclic amines) is 1. The fourth-order valence-electron chi connectivity index (χ4n) is 3.70. The molecule has 2 aromatic rings. The maximum Gasteiger partial charge on any atom is 0.407 e. The van der Waals surface area contributed by atoms with Crippen molar-refractivity contribution in [3.63, 3.8) is 0 Å². The molecule has 7 heteroatoms. The van der Waals surface area contributed by atoms with Gasteiger partial charge in [-0.2, -0.15) is 0 Å². The minimum absolute atomic E-state index is 0.00473. The summed E-state index contributed by atoms with van der Waals surface area (Å²) in [6, 6.07) is 13.6. The zero-order valence-corrected chi connectivity index (χ0v) is 18.4. The average molecular weight is 426 g/mol. The normalized spacial score (nSPS) is 14.9. The van der Waals surface area contributed by atoms with E-state index in [1.807, 2.05) is 42.5 Å². The second-order valence-electron chi connectivity index (χ2n) is 8.83. The third-order valence-corrected chi connectivity index (χ3v) is 5.22. The summed E-state index contributed by atoms with van der Waals surface area (Å²) in [7, 11) is 0. The minimum Gasteiger partial charge on any atom is -0.444 e. The van der Waals surface area contributed by atoms with E-state index in [0.717, 1.165) is 10.8 Å². The monoisotopic (exact) mass is 425 g/mol. The number of rotatable bonds is 5. The van der Waals surface area contributed by atoms with Gasteiger partial charge < -0.3 is 20.3 Å². The number of alkyl carbamates (subject to hydrolysis) is 1. The first-order valence-electron chi connectivity index (χ1n) is 10.8. The van der Waals surface area contributed by atoms with Gasteiger partial charge >= 0.3 is 6.09 Å². The van der Waals surface area contributed by atoms with E-state index in [0.29, 0.717) is 31.5 Å². The first-order chi connectivity index (χ1) is 14.7. The van der Waals surface area contributed by atoms with Gasteiger partial charge in [0.1, 0.15) is 5.60 Å². The molecule has 1 heterocycles. The molecule has 2 aromatic carbocycles. The van der Waals surface area contributed by atoms with Crippen LogP contribution in [0.25, 0.3) is 10.8 Å². The van der Waals surface area contributed by atoms with Crippen molar-refractivity contribution in [3.8, 4) is 0 Å². The third-order valence-electron chi connectivity index (χ3n) is 5.22. The highest BCUT2D eigenvalue weighted by atomic mass is 16.6. The molecule has 1 aliphatic rings. The molecule has 2 N–H and O–H groups in total. The Bertz CT molecular complexity index is 938. The van der Waals surface area contributed by atoms with E-state index in [2.05, 4.69) is 10.6 Å². The predicted octanol–water partition coefficient (Wildman–Crippen LogP) is 3.48. The van der Waals surface area contributed by atoms with E-state index >= 15 is 0 Å². The fourth-order valence-corrected chi connectivity index (χ4v) is 3.70. The Morgan fingerprint density at radius 1 is 1.03 bits per heavy atom. The van der Waals surface area contributed by atoms with Crippen LogP contribution in [0.2, 0.25) is 0 Å². The molecule has 0 atom stereocenters. The van der Waals surface area contributed by atoms with Crippen molar-refractivity contribution >= 4 is 28.7 Å². The summed E-state index contributed by atoms with van der Waals surface area (Å²) in [5, 5.41) is 7.70. The smallest absolute Gasteiger partial charge is 0.407 e. The number of amides is 3. The first kappa shape index (κ1) is 22.6. The molecule has 7 nitrogen and oxygen atoms in total. The molecule has 0 aliphatic carbocycles. The molecular weight excluding hydrogens is 394 g/mol. The van der Waals surface area contributed by atoms with Crippen molar-refractivity contribution in [1.29, 1.82) is 0 Å². The molecule has 31 heavy (non-hydrogen) atoms. The van der Waals surface area contributed by atoms with Gasteiger partial charge in [0, 0.05) is 37.7 Å². The number of ether oxygens (including phenoxy) is 1. The van der Waals surface area contributed by atoms with Gasteiger partial charge in [-0.15, -0.1) is 0 Å². The molecule has 3 amide bonds. The molecular formula is C24H31N3O4. The SMILES string of the molecule is CC(C)(C)OC(=O)NCCC(=O)N1CCC(NC(=O)c2cccc3ccccc23)CC1. The molecule has 0 bridgehead atoms. The van der Waals surface area contributed by atoms with Gasteiger partial charge in [-0.1, -0.05) is 36.4 Å². The third kappa shape index (κ3) is 6.44. The number of carbonyl (C=O) groups excluding carboxylic acids is 3. The Morgan fingerprint density at radius 2 is 1.71 bits per heavy atom. The van der Waals surface area contributed by atoms with Crippen LogP contribution in [0.15, 0.2) is 42.5 Å². The summed E-state index contributed by atoms with van der Waals surface area (Å²) < 4.78 is 5.16. The number of nitrogens with zero attached hydrogens (tertiary/aromatic N) is 1. The maximum absolute atomic E-state index is 12.8. The lowest BCUT2D eigenvalue weighted by Crippen LogP contribution is -2.47. The van der Waals surface area contributed by atoms with Crippen molar-refractivity contribution in [2.24, 2.45) is 0 Å². The number of fused-ring (bicyclic) bond motifs is 1. The molecule has 1 saturated heterocycles. The van der Waals surface area contributed by atoms with Crippen molar-refractivity contribution in [2.45, 2.75) is 51.7 Å². The van der Waals surface area contributed by atoms with Gasteiger partial charge in [0.25, 0.3) is 5.91 Å². The first-order valence-corrected chi connectivity index (χ1v) is 10.8. The molecule has 166 valence electrons. The Kier molecular flexibility index (Phi) is 7.15. The quantitative estimate of drug-likeness (QED) is 0.768.